The van der Waals surface area contributed by atoms with Gasteiger partial charge < -0.3 is 24.0 Å². The summed E-state index contributed by atoms with van der Waals surface area (Å²) in [6.07, 6.45) is 5.88. The Morgan fingerprint density at radius 3 is 2.72 bits per heavy atom. The average Bonchev–Trinajstić information content (AvgIpc) is 3.43. The molecule has 0 unspecified atom stereocenters. The van der Waals surface area contributed by atoms with Crippen LogP contribution in [-0.4, -0.2) is 62.0 Å². The molecular formula is C28H27N6NaO4. The maximum absolute atomic E-state index is 13.6. The monoisotopic (exact) mass is 534 g/mol. The number of aromatic nitrogens is 5. The fraction of sp³-hybridized carbons (Fsp3) is 0.393. The van der Waals surface area contributed by atoms with Crippen molar-refractivity contribution in [3.63, 3.8) is 0 Å². The third-order valence-electron chi connectivity index (χ3n) is 7.92. The summed E-state index contributed by atoms with van der Waals surface area (Å²) in [6.45, 7) is 3.53. The van der Waals surface area contributed by atoms with Crippen LogP contribution < -0.4 is 44.1 Å². The molecule has 2 aliphatic heterocycles. The molecule has 0 bridgehead atoms. The summed E-state index contributed by atoms with van der Waals surface area (Å²) >= 11 is 0. The number of ether oxygens (including phenoxy) is 2. The number of fused-ring (bicyclic) bond motifs is 2. The molecule has 194 valence electrons. The molecule has 2 aromatic heterocycles. The molecule has 1 saturated carbocycles. The first-order valence-corrected chi connectivity index (χ1v) is 13.2. The Bertz CT molecular complexity index is 1550. The zero-order valence-electron chi connectivity index (χ0n) is 22.1. The molecule has 10 nitrogen and oxygen atoms in total. The summed E-state index contributed by atoms with van der Waals surface area (Å²) in [5, 5.41) is 15.8. The van der Waals surface area contributed by atoms with Crippen molar-refractivity contribution in [2.45, 2.75) is 50.7 Å². The van der Waals surface area contributed by atoms with Crippen molar-refractivity contribution in [2.24, 2.45) is 0 Å². The van der Waals surface area contributed by atoms with Gasteiger partial charge in [-0.3, -0.25) is 19.9 Å². The Hall–Kier alpha value is -3.21. The fourth-order valence-corrected chi connectivity index (χ4v) is 5.77. The van der Waals surface area contributed by atoms with E-state index in [1.165, 1.54) is 12.8 Å². The first kappa shape index (κ1) is 26.0. The number of amides is 1. The van der Waals surface area contributed by atoms with Crippen molar-refractivity contribution in [3.8, 4) is 22.9 Å². The molecule has 7 rings (SSSR count). The molecule has 0 atom stereocenters. The van der Waals surface area contributed by atoms with Crippen molar-refractivity contribution in [1.29, 1.82) is 0 Å². The molecule has 0 N–H and O–H groups in total. The van der Waals surface area contributed by atoms with Crippen LogP contribution in [0, 0.1) is 0 Å². The second-order valence-electron chi connectivity index (χ2n) is 10.4. The van der Waals surface area contributed by atoms with E-state index >= 15 is 0 Å². The third-order valence-corrected chi connectivity index (χ3v) is 7.92. The van der Waals surface area contributed by atoms with Crippen LogP contribution in [0.5, 0.6) is 11.5 Å². The molecular weight excluding hydrogens is 507 g/mol. The average molecular weight is 535 g/mol. The van der Waals surface area contributed by atoms with Gasteiger partial charge in [-0.2, -0.15) is 5.21 Å². The van der Waals surface area contributed by atoms with Crippen molar-refractivity contribution in [3.05, 3.63) is 53.7 Å². The minimum absolute atomic E-state index is 0. The summed E-state index contributed by atoms with van der Waals surface area (Å²) in [6, 6.07) is 11.8. The van der Waals surface area contributed by atoms with E-state index in [0.29, 0.717) is 66.8 Å². The Balaban J connectivity index is 0.00000277. The number of Topliss-reactive ketones (excluding diaryl/α,β-unsaturated/α-hetero) is 1. The number of carbonyl (C=O) groups is 2. The summed E-state index contributed by atoms with van der Waals surface area (Å²) in [5.74, 6) is 1.69. The molecule has 4 aromatic rings. The van der Waals surface area contributed by atoms with Crippen molar-refractivity contribution >= 4 is 22.6 Å². The van der Waals surface area contributed by atoms with Crippen LogP contribution in [0.1, 0.15) is 65.8 Å². The largest absolute Gasteiger partial charge is 1.00 e. The maximum Gasteiger partial charge on any atom is 1.00 e. The standard InChI is InChI=1S/C28H27N6O4.Na/c1-2-37-25-15-18(14-22-20(25)7-10-34(22)19-4-5-19)27(36)33-11-8-28(9-12-33)16-23(35)21-13-17(3-6-24(21)38-28)26-29-31-32-30-26;/h3,6-7,10,13-15,19H,2,4-5,8-9,11-12,16H2,1H3;/q-1;+1. The van der Waals surface area contributed by atoms with Crippen molar-refractivity contribution < 1.29 is 48.6 Å². The molecule has 3 aliphatic rings. The summed E-state index contributed by atoms with van der Waals surface area (Å²) in [5.41, 5.74) is 2.27. The van der Waals surface area contributed by atoms with Crippen molar-refractivity contribution in [1.82, 2.24) is 30.1 Å². The predicted molar refractivity (Wildman–Crippen MR) is 137 cm³/mol. The first-order valence-electron chi connectivity index (χ1n) is 13.2. The first-order chi connectivity index (χ1) is 18.5. The SMILES string of the molecule is CCOc1cc(C(=O)N2CCC3(CC2)CC(=O)c2cc(-c4nnn[n-]4)ccc2O3)cc2c1ccn2C1CC1.[Na+]. The van der Waals surface area contributed by atoms with E-state index < -0.39 is 5.60 Å². The quantitative estimate of drug-likeness (QED) is 0.346. The number of hydrogen-bond donors (Lipinski definition) is 0. The number of nitrogens with zero attached hydrogens (tertiary/aromatic N) is 6. The summed E-state index contributed by atoms with van der Waals surface area (Å²) < 4.78 is 14.6. The van der Waals surface area contributed by atoms with Gasteiger partial charge in [0.1, 0.15) is 17.1 Å². The van der Waals surface area contributed by atoms with Crippen LogP contribution in [0.15, 0.2) is 42.6 Å². The molecule has 39 heavy (non-hydrogen) atoms. The van der Waals surface area contributed by atoms with E-state index in [2.05, 4.69) is 37.5 Å². The third kappa shape index (κ3) is 4.64. The van der Waals surface area contributed by atoms with Crippen LogP contribution in [-0.2, 0) is 0 Å². The van der Waals surface area contributed by atoms with Gasteiger partial charge in [-0.1, -0.05) is 6.07 Å². The molecule has 11 heteroatoms. The summed E-state index contributed by atoms with van der Waals surface area (Å²) in [4.78, 5) is 28.7. The smallest absolute Gasteiger partial charge is 0.493 e. The number of ketones is 1. The van der Waals surface area contributed by atoms with Gasteiger partial charge in [-0.05, 0) is 55.7 Å². The number of carbonyl (C=O) groups excluding carboxylic acids is 2. The van der Waals surface area contributed by atoms with Gasteiger partial charge in [0, 0.05) is 54.9 Å². The van der Waals surface area contributed by atoms with Gasteiger partial charge in [0.2, 0.25) is 0 Å². The fourth-order valence-electron chi connectivity index (χ4n) is 5.77. The van der Waals surface area contributed by atoms with E-state index in [4.69, 9.17) is 9.47 Å². The molecule has 0 radical (unpaired) electrons. The van der Waals surface area contributed by atoms with E-state index in [1.807, 2.05) is 30.0 Å². The second-order valence-corrected chi connectivity index (χ2v) is 10.4. The Morgan fingerprint density at radius 2 is 2.00 bits per heavy atom. The number of tetrazole rings is 1. The van der Waals surface area contributed by atoms with E-state index in [0.717, 1.165) is 16.7 Å². The van der Waals surface area contributed by atoms with Gasteiger partial charge in [0.15, 0.2) is 5.78 Å². The van der Waals surface area contributed by atoms with Gasteiger partial charge in [0.25, 0.3) is 5.91 Å². The Kier molecular flexibility index (Phi) is 6.73. The Labute approximate surface area is 247 Å². The van der Waals surface area contributed by atoms with E-state index in [1.54, 1.807) is 12.1 Å². The van der Waals surface area contributed by atoms with Crippen LogP contribution in [0.2, 0.25) is 0 Å². The normalized spacial score (nSPS) is 18.0. The number of piperidine rings is 1. The molecule has 4 heterocycles. The molecule has 1 saturated heterocycles. The second kappa shape index (κ2) is 10.1. The van der Waals surface area contributed by atoms with Gasteiger partial charge in [0.05, 0.1) is 24.1 Å². The Morgan fingerprint density at radius 1 is 1.18 bits per heavy atom. The van der Waals surface area contributed by atoms with Crippen molar-refractivity contribution in [2.75, 3.05) is 19.7 Å². The molecule has 2 fully saturated rings. The number of rotatable bonds is 5. The minimum atomic E-state index is -0.608. The van der Waals surface area contributed by atoms with E-state index in [9.17, 15) is 9.59 Å². The van der Waals surface area contributed by atoms with Gasteiger partial charge >= 0.3 is 29.6 Å². The van der Waals surface area contributed by atoms with Crippen LogP contribution in [0.3, 0.4) is 0 Å². The number of benzene rings is 2. The van der Waals surface area contributed by atoms with Gasteiger partial charge in [-0.25, -0.2) is 0 Å². The maximum atomic E-state index is 13.6. The molecule has 1 spiro atoms. The zero-order chi connectivity index (χ0) is 25.9. The predicted octanol–water partition coefficient (Wildman–Crippen LogP) is 0.828. The van der Waals surface area contributed by atoms with Crippen LogP contribution in [0.25, 0.3) is 22.3 Å². The molecule has 1 aliphatic carbocycles. The number of likely N-dealkylation sites (tertiary alicyclic amines) is 1. The number of hydrogen-bond acceptors (Lipinski definition) is 7. The topological polar surface area (TPSA) is 114 Å². The van der Waals surface area contributed by atoms with E-state index in [-0.39, 0.29) is 47.7 Å². The van der Waals surface area contributed by atoms with Crippen LogP contribution in [0.4, 0.5) is 0 Å². The van der Waals surface area contributed by atoms with Crippen LogP contribution >= 0.6 is 0 Å². The zero-order valence-corrected chi connectivity index (χ0v) is 24.1. The summed E-state index contributed by atoms with van der Waals surface area (Å²) in [7, 11) is 0. The molecule has 2 aromatic carbocycles. The minimum Gasteiger partial charge on any atom is -0.493 e. The molecule has 1 amide bonds. The van der Waals surface area contributed by atoms with Gasteiger partial charge in [-0.15, -0.1) is 0 Å².